The first-order chi connectivity index (χ1) is 11.9. The number of amides is 1. The van der Waals surface area contributed by atoms with Crippen LogP contribution in [-0.2, 0) is 4.74 Å². The van der Waals surface area contributed by atoms with Gasteiger partial charge in [0.2, 0.25) is 5.88 Å². The average molecular weight is 343 g/mol. The zero-order valence-corrected chi connectivity index (χ0v) is 15.2. The van der Waals surface area contributed by atoms with Gasteiger partial charge in [-0.05, 0) is 32.9 Å². The SMILES string of the molecule is COc1nc2ccccc2cc1C1CNCCN1C(=O)OC(C)(C)C. The number of nitrogens with one attached hydrogen (secondary N) is 1. The molecule has 0 aliphatic carbocycles. The van der Waals surface area contributed by atoms with Crippen molar-refractivity contribution in [1.29, 1.82) is 0 Å². The van der Waals surface area contributed by atoms with E-state index in [4.69, 9.17) is 9.47 Å². The van der Waals surface area contributed by atoms with Crippen molar-refractivity contribution in [2.24, 2.45) is 0 Å². The molecule has 1 saturated heterocycles. The van der Waals surface area contributed by atoms with Crippen LogP contribution in [0, 0.1) is 0 Å². The lowest BCUT2D eigenvalue weighted by Gasteiger charge is -2.37. The van der Waals surface area contributed by atoms with Crippen LogP contribution in [0.2, 0.25) is 0 Å². The second-order valence-corrected chi connectivity index (χ2v) is 7.17. The first-order valence-electron chi connectivity index (χ1n) is 8.53. The van der Waals surface area contributed by atoms with Crippen LogP contribution in [0.3, 0.4) is 0 Å². The number of fused-ring (bicyclic) bond motifs is 1. The molecule has 1 atom stereocenters. The highest BCUT2D eigenvalue weighted by Gasteiger charge is 2.33. The van der Waals surface area contributed by atoms with Gasteiger partial charge in [-0.15, -0.1) is 0 Å². The van der Waals surface area contributed by atoms with Gasteiger partial charge < -0.3 is 14.8 Å². The molecule has 3 rings (SSSR count). The predicted molar refractivity (Wildman–Crippen MR) is 96.8 cm³/mol. The van der Waals surface area contributed by atoms with Crippen molar-refractivity contribution in [2.45, 2.75) is 32.4 Å². The minimum atomic E-state index is -0.530. The molecule has 0 radical (unpaired) electrons. The minimum Gasteiger partial charge on any atom is -0.481 e. The summed E-state index contributed by atoms with van der Waals surface area (Å²) in [7, 11) is 1.61. The predicted octanol–water partition coefficient (Wildman–Crippen LogP) is 3.12. The van der Waals surface area contributed by atoms with Crippen molar-refractivity contribution in [1.82, 2.24) is 15.2 Å². The van der Waals surface area contributed by atoms with Crippen molar-refractivity contribution in [3.05, 3.63) is 35.9 Å². The Labute approximate surface area is 148 Å². The number of hydrogen-bond donors (Lipinski definition) is 1. The molecule has 2 heterocycles. The van der Waals surface area contributed by atoms with Crippen molar-refractivity contribution in [3.8, 4) is 5.88 Å². The minimum absolute atomic E-state index is 0.185. The Balaban J connectivity index is 1.99. The van der Waals surface area contributed by atoms with E-state index in [1.54, 1.807) is 12.0 Å². The van der Waals surface area contributed by atoms with Gasteiger partial charge in [0.1, 0.15) is 5.60 Å². The van der Waals surface area contributed by atoms with Gasteiger partial charge in [0, 0.05) is 30.6 Å². The first kappa shape index (κ1) is 17.5. The first-order valence-corrected chi connectivity index (χ1v) is 8.53. The summed E-state index contributed by atoms with van der Waals surface area (Å²) in [6.07, 6.45) is -0.311. The van der Waals surface area contributed by atoms with Crippen LogP contribution in [0.4, 0.5) is 4.79 Å². The number of pyridine rings is 1. The number of para-hydroxylation sites is 1. The molecule has 1 aliphatic rings. The lowest BCUT2D eigenvalue weighted by Crippen LogP contribution is -2.50. The Morgan fingerprint density at radius 2 is 2.08 bits per heavy atom. The van der Waals surface area contributed by atoms with Crippen LogP contribution >= 0.6 is 0 Å². The summed E-state index contributed by atoms with van der Waals surface area (Å²) in [6.45, 7) is 7.57. The molecular weight excluding hydrogens is 318 g/mol. The molecule has 0 bridgehead atoms. The summed E-state index contributed by atoms with van der Waals surface area (Å²) in [4.78, 5) is 19.0. The molecule has 6 nitrogen and oxygen atoms in total. The van der Waals surface area contributed by atoms with E-state index in [2.05, 4.69) is 16.4 Å². The molecule has 1 fully saturated rings. The Morgan fingerprint density at radius 1 is 1.32 bits per heavy atom. The van der Waals surface area contributed by atoms with Crippen LogP contribution in [0.5, 0.6) is 5.88 Å². The number of hydrogen-bond acceptors (Lipinski definition) is 5. The van der Waals surface area contributed by atoms with E-state index in [-0.39, 0.29) is 12.1 Å². The van der Waals surface area contributed by atoms with E-state index in [0.29, 0.717) is 19.0 Å². The molecule has 1 aromatic heterocycles. The highest BCUT2D eigenvalue weighted by molar-refractivity contribution is 5.80. The smallest absolute Gasteiger partial charge is 0.410 e. The highest BCUT2D eigenvalue weighted by Crippen LogP contribution is 2.32. The number of nitrogens with zero attached hydrogens (tertiary/aromatic N) is 2. The number of piperazine rings is 1. The van der Waals surface area contributed by atoms with Gasteiger partial charge in [0.25, 0.3) is 0 Å². The second-order valence-electron chi connectivity index (χ2n) is 7.17. The molecule has 1 aromatic carbocycles. The van der Waals surface area contributed by atoms with Crippen LogP contribution in [0.15, 0.2) is 30.3 Å². The molecule has 1 N–H and O–H groups in total. The normalized spacial score (nSPS) is 18.2. The standard InChI is InChI=1S/C19H25N3O3/c1-19(2,3)25-18(23)22-10-9-20-12-16(22)14-11-13-7-5-6-8-15(13)21-17(14)24-4/h5-8,11,16,20H,9-10,12H2,1-4H3. The molecule has 134 valence electrons. The molecule has 0 saturated carbocycles. The van der Waals surface area contributed by atoms with Gasteiger partial charge in [0.05, 0.1) is 18.7 Å². The second kappa shape index (κ2) is 6.88. The molecule has 0 spiro atoms. The third kappa shape index (κ3) is 3.85. The summed E-state index contributed by atoms with van der Waals surface area (Å²) in [5.74, 6) is 0.543. The summed E-state index contributed by atoms with van der Waals surface area (Å²) < 4.78 is 11.1. The van der Waals surface area contributed by atoms with Gasteiger partial charge >= 0.3 is 6.09 Å². The lowest BCUT2D eigenvalue weighted by molar-refractivity contribution is 0.0115. The molecule has 1 unspecified atom stereocenters. The van der Waals surface area contributed by atoms with Crippen LogP contribution in [0.25, 0.3) is 10.9 Å². The van der Waals surface area contributed by atoms with Crippen LogP contribution in [0.1, 0.15) is 32.4 Å². The van der Waals surface area contributed by atoms with E-state index in [0.717, 1.165) is 23.0 Å². The van der Waals surface area contributed by atoms with Crippen molar-refractivity contribution < 1.29 is 14.3 Å². The molecule has 6 heteroatoms. The fraction of sp³-hybridized carbons (Fsp3) is 0.474. The fourth-order valence-corrected chi connectivity index (χ4v) is 3.04. The van der Waals surface area contributed by atoms with E-state index in [9.17, 15) is 4.79 Å². The molecule has 2 aromatic rings. The Hall–Kier alpha value is -2.34. The maximum atomic E-state index is 12.7. The number of benzene rings is 1. The topological polar surface area (TPSA) is 63.7 Å². The molecular formula is C19H25N3O3. The number of aromatic nitrogens is 1. The van der Waals surface area contributed by atoms with Crippen LogP contribution < -0.4 is 10.1 Å². The van der Waals surface area contributed by atoms with E-state index >= 15 is 0 Å². The van der Waals surface area contributed by atoms with Gasteiger partial charge in [-0.25, -0.2) is 9.78 Å². The van der Waals surface area contributed by atoms with E-state index < -0.39 is 5.60 Å². The van der Waals surface area contributed by atoms with Crippen molar-refractivity contribution in [3.63, 3.8) is 0 Å². The molecule has 1 aliphatic heterocycles. The van der Waals surface area contributed by atoms with E-state index in [1.165, 1.54) is 0 Å². The van der Waals surface area contributed by atoms with Crippen molar-refractivity contribution in [2.75, 3.05) is 26.7 Å². The summed E-state index contributed by atoms with van der Waals surface area (Å²) in [5, 5.41) is 4.37. The van der Waals surface area contributed by atoms with Crippen molar-refractivity contribution >= 4 is 17.0 Å². The number of carbonyl (C=O) groups excluding carboxylic acids is 1. The van der Waals surface area contributed by atoms with Gasteiger partial charge in [0.15, 0.2) is 0 Å². The maximum Gasteiger partial charge on any atom is 0.410 e. The van der Waals surface area contributed by atoms with Gasteiger partial charge in [-0.2, -0.15) is 0 Å². The molecule has 25 heavy (non-hydrogen) atoms. The number of rotatable bonds is 2. The summed E-state index contributed by atoms with van der Waals surface area (Å²) in [6, 6.07) is 9.76. The van der Waals surface area contributed by atoms with E-state index in [1.807, 2.05) is 45.0 Å². The Bertz CT molecular complexity index is 770. The Kier molecular flexibility index (Phi) is 4.81. The summed E-state index contributed by atoms with van der Waals surface area (Å²) >= 11 is 0. The molecule has 1 amide bonds. The Morgan fingerprint density at radius 3 is 2.80 bits per heavy atom. The maximum absolute atomic E-state index is 12.7. The van der Waals surface area contributed by atoms with Gasteiger partial charge in [-0.1, -0.05) is 18.2 Å². The van der Waals surface area contributed by atoms with Gasteiger partial charge in [-0.3, -0.25) is 4.90 Å². The largest absolute Gasteiger partial charge is 0.481 e. The zero-order chi connectivity index (χ0) is 18.0. The van der Waals surface area contributed by atoms with Crippen LogP contribution in [-0.4, -0.2) is 48.3 Å². The number of methoxy groups -OCH3 is 1. The lowest BCUT2D eigenvalue weighted by atomic mass is 10.0. The average Bonchev–Trinajstić information content (AvgIpc) is 2.59. The third-order valence-electron chi connectivity index (χ3n) is 4.14. The summed E-state index contributed by atoms with van der Waals surface area (Å²) in [5.41, 5.74) is 1.23. The number of ether oxygens (including phenoxy) is 2. The number of carbonyl (C=O) groups is 1. The highest BCUT2D eigenvalue weighted by atomic mass is 16.6. The monoisotopic (exact) mass is 343 g/mol. The quantitative estimate of drug-likeness (QED) is 0.908. The third-order valence-corrected chi connectivity index (χ3v) is 4.14. The fourth-order valence-electron chi connectivity index (χ4n) is 3.04. The zero-order valence-electron chi connectivity index (χ0n) is 15.2.